The number of fused-ring (bicyclic) bond motifs is 5. The number of allylic oxidation sites excluding steroid dienone is 1. The molecule has 24 heavy (non-hydrogen) atoms. The molecular formula is C21H29ClO2. The van der Waals surface area contributed by atoms with Gasteiger partial charge in [-0.2, -0.15) is 0 Å². The number of hydrogen-bond donors (Lipinski definition) is 2. The van der Waals surface area contributed by atoms with Gasteiger partial charge in [0.2, 0.25) is 0 Å². The normalized spacial score (nSPS) is 53.1. The van der Waals surface area contributed by atoms with E-state index < -0.39 is 5.60 Å². The van der Waals surface area contributed by atoms with Gasteiger partial charge >= 0.3 is 0 Å². The number of halogens is 1. The summed E-state index contributed by atoms with van der Waals surface area (Å²) in [7, 11) is 0. The van der Waals surface area contributed by atoms with Crippen molar-refractivity contribution < 1.29 is 10.2 Å². The minimum Gasteiger partial charge on any atom is -0.393 e. The average molecular weight is 349 g/mol. The molecule has 0 aromatic carbocycles. The predicted molar refractivity (Wildman–Crippen MR) is 96.3 cm³/mol. The highest BCUT2D eigenvalue weighted by molar-refractivity contribution is 6.30. The molecule has 0 aromatic heterocycles. The van der Waals surface area contributed by atoms with Crippen molar-refractivity contribution in [3.05, 3.63) is 11.6 Å². The van der Waals surface area contributed by atoms with Gasteiger partial charge in [-0.3, -0.25) is 0 Å². The lowest BCUT2D eigenvalue weighted by atomic mass is 9.47. The van der Waals surface area contributed by atoms with E-state index in [-0.39, 0.29) is 16.9 Å². The second-order valence-corrected chi connectivity index (χ2v) is 9.42. The zero-order valence-electron chi connectivity index (χ0n) is 14.8. The topological polar surface area (TPSA) is 40.5 Å². The van der Waals surface area contributed by atoms with Crippen molar-refractivity contribution in [1.82, 2.24) is 0 Å². The highest BCUT2D eigenvalue weighted by atomic mass is 35.5. The van der Waals surface area contributed by atoms with Crippen molar-refractivity contribution in [3.63, 3.8) is 0 Å². The molecule has 3 saturated carbocycles. The van der Waals surface area contributed by atoms with E-state index in [4.69, 9.17) is 11.6 Å². The molecule has 2 nitrogen and oxygen atoms in total. The fraction of sp³-hybridized carbons (Fsp3) is 0.810. The molecule has 4 rings (SSSR count). The van der Waals surface area contributed by atoms with Gasteiger partial charge in [-0.25, -0.2) is 0 Å². The summed E-state index contributed by atoms with van der Waals surface area (Å²) in [5, 5.41) is 23.7. The van der Waals surface area contributed by atoms with E-state index in [1.54, 1.807) is 0 Å². The maximum Gasteiger partial charge on any atom is 0.132 e. The van der Waals surface area contributed by atoms with E-state index in [0.717, 1.165) is 51.4 Å². The molecule has 3 fully saturated rings. The minimum atomic E-state index is -0.919. The van der Waals surface area contributed by atoms with Crippen LogP contribution in [0.5, 0.6) is 0 Å². The Morgan fingerprint density at radius 2 is 1.88 bits per heavy atom. The Labute approximate surface area is 150 Å². The van der Waals surface area contributed by atoms with Crippen molar-refractivity contribution in [3.8, 4) is 11.3 Å². The smallest absolute Gasteiger partial charge is 0.132 e. The molecule has 0 radical (unpaired) electrons. The predicted octanol–water partition coefficient (Wildman–Crippen LogP) is 4.24. The van der Waals surface area contributed by atoms with Crippen LogP contribution in [0.15, 0.2) is 11.6 Å². The maximum atomic E-state index is 11.2. The SMILES string of the molecule is CC12CCC(O)CC1=CCC1C2CCC2(C)C1CCC2(O)C#CCl. The van der Waals surface area contributed by atoms with E-state index in [9.17, 15) is 10.2 Å². The lowest BCUT2D eigenvalue weighted by Gasteiger charge is -2.58. The highest BCUT2D eigenvalue weighted by Gasteiger charge is 2.63. The third-order valence-corrected chi connectivity index (χ3v) is 8.58. The summed E-state index contributed by atoms with van der Waals surface area (Å²) < 4.78 is 0. The molecule has 0 aliphatic heterocycles. The lowest BCUT2D eigenvalue weighted by Crippen LogP contribution is -2.54. The van der Waals surface area contributed by atoms with Gasteiger partial charge in [-0.1, -0.05) is 31.4 Å². The third-order valence-electron chi connectivity index (χ3n) is 8.48. The number of aliphatic hydroxyl groups excluding tert-OH is 1. The quantitative estimate of drug-likeness (QED) is 0.507. The Hall–Kier alpha value is -0.490. The summed E-state index contributed by atoms with van der Waals surface area (Å²) in [6, 6.07) is 0. The van der Waals surface area contributed by atoms with E-state index >= 15 is 0 Å². The first-order chi connectivity index (χ1) is 11.3. The summed E-state index contributed by atoms with van der Waals surface area (Å²) in [6.45, 7) is 4.68. The summed E-state index contributed by atoms with van der Waals surface area (Å²) in [5.41, 5.74) is 0.701. The Bertz CT molecular complexity index is 631. The van der Waals surface area contributed by atoms with Crippen LogP contribution in [-0.4, -0.2) is 21.9 Å². The highest BCUT2D eigenvalue weighted by Crippen LogP contribution is 2.67. The molecule has 3 heteroatoms. The summed E-state index contributed by atoms with van der Waals surface area (Å²) in [5.74, 6) is 4.81. The molecule has 7 unspecified atom stereocenters. The lowest BCUT2D eigenvalue weighted by molar-refractivity contribution is -0.0970. The van der Waals surface area contributed by atoms with Gasteiger partial charge in [0.15, 0.2) is 0 Å². The van der Waals surface area contributed by atoms with Crippen LogP contribution in [0.25, 0.3) is 0 Å². The van der Waals surface area contributed by atoms with Crippen molar-refractivity contribution in [2.24, 2.45) is 28.6 Å². The molecular weight excluding hydrogens is 320 g/mol. The molecule has 132 valence electrons. The fourth-order valence-electron chi connectivity index (χ4n) is 6.94. The molecule has 0 spiro atoms. The second kappa shape index (κ2) is 5.50. The van der Waals surface area contributed by atoms with Crippen molar-refractivity contribution in [2.45, 2.75) is 76.9 Å². The van der Waals surface area contributed by atoms with Crippen LogP contribution in [0.4, 0.5) is 0 Å². The van der Waals surface area contributed by atoms with Gasteiger partial charge in [0.1, 0.15) is 5.60 Å². The van der Waals surface area contributed by atoms with Crippen LogP contribution >= 0.6 is 11.6 Å². The molecule has 2 N–H and O–H groups in total. The van der Waals surface area contributed by atoms with E-state index in [1.165, 1.54) is 5.57 Å². The molecule has 0 heterocycles. The molecule has 4 aliphatic carbocycles. The number of aliphatic hydroxyl groups is 2. The second-order valence-electron chi connectivity index (χ2n) is 9.23. The third kappa shape index (κ3) is 2.11. The number of rotatable bonds is 0. The van der Waals surface area contributed by atoms with Crippen molar-refractivity contribution in [2.75, 3.05) is 0 Å². The number of hydrogen-bond acceptors (Lipinski definition) is 2. The van der Waals surface area contributed by atoms with Gasteiger partial charge in [0, 0.05) is 10.8 Å². The van der Waals surface area contributed by atoms with E-state index in [0.29, 0.717) is 17.8 Å². The largest absolute Gasteiger partial charge is 0.393 e. The Balaban J connectivity index is 1.69. The molecule has 0 saturated heterocycles. The van der Waals surface area contributed by atoms with Gasteiger partial charge < -0.3 is 10.2 Å². The van der Waals surface area contributed by atoms with Gasteiger partial charge in [-0.15, -0.1) is 0 Å². The van der Waals surface area contributed by atoms with Crippen molar-refractivity contribution in [1.29, 1.82) is 0 Å². The molecule has 0 aromatic rings. The first-order valence-electron chi connectivity index (χ1n) is 9.57. The summed E-state index contributed by atoms with van der Waals surface area (Å²) in [6.07, 6.45) is 10.3. The Morgan fingerprint density at radius 3 is 2.62 bits per heavy atom. The minimum absolute atomic E-state index is 0.133. The summed E-state index contributed by atoms with van der Waals surface area (Å²) in [4.78, 5) is 0. The molecule has 0 amide bonds. The van der Waals surface area contributed by atoms with Crippen LogP contribution < -0.4 is 0 Å². The van der Waals surface area contributed by atoms with Crippen LogP contribution in [-0.2, 0) is 0 Å². The van der Waals surface area contributed by atoms with E-state index in [2.05, 4.69) is 31.2 Å². The van der Waals surface area contributed by atoms with Crippen LogP contribution in [0.1, 0.15) is 65.2 Å². The standard InChI is InChI=1S/C21H29ClO2/c1-19-8-5-15(23)13-14(19)3-4-16-17(19)6-9-20(2)18(16)7-10-21(20,24)11-12-22/h3,15-18,23-24H,4-10,13H2,1-2H3. The fourth-order valence-corrected chi connectivity index (χ4v) is 7.10. The van der Waals surface area contributed by atoms with Gasteiger partial charge in [-0.05, 0) is 86.1 Å². The van der Waals surface area contributed by atoms with Crippen molar-refractivity contribution >= 4 is 11.6 Å². The van der Waals surface area contributed by atoms with Gasteiger partial charge in [0.25, 0.3) is 0 Å². The molecule has 0 bridgehead atoms. The zero-order chi connectivity index (χ0) is 17.2. The first kappa shape index (κ1) is 17.0. The average Bonchev–Trinajstić information content (AvgIpc) is 2.80. The maximum absolute atomic E-state index is 11.2. The Kier molecular flexibility index (Phi) is 3.89. The van der Waals surface area contributed by atoms with Gasteiger partial charge in [0.05, 0.1) is 6.10 Å². The van der Waals surface area contributed by atoms with Crippen LogP contribution in [0.2, 0.25) is 0 Å². The van der Waals surface area contributed by atoms with Crippen LogP contribution in [0, 0.1) is 39.9 Å². The first-order valence-corrected chi connectivity index (χ1v) is 9.95. The molecule has 7 atom stereocenters. The Morgan fingerprint density at radius 1 is 1.12 bits per heavy atom. The van der Waals surface area contributed by atoms with E-state index in [1.807, 2.05) is 0 Å². The zero-order valence-corrected chi connectivity index (χ0v) is 15.6. The van der Waals surface area contributed by atoms with Crippen LogP contribution in [0.3, 0.4) is 0 Å². The molecule has 4 aliphatic rings. The monoisotopic (exact) mass is 348 g/mol. The summed E-state index contributed by atoms with van der Waals surface area (Å²) >= 11 is 5.67.